The van der Waals surface area contributed by atoms with Crippen molar-refractivity contribution < 1.29 is 13.9 Å². The predicted octanol–water partition coefficient (Wildman–Crippen LogP) is 5.02. The van der Waals surface area contributed by atoms with Gasteiger partial charge in [-0.3, -0.25) is 4.79 Å². The zero-order chi connectivity index (χ0) is 20.2. The third-order valence-corrected chi connectivity index (χ3v) is 4.61. The van der Waals surface area contributed by atoms with Crippen molar-refractivity contribution in [3.8, 4) is 5.75 Å². The largest absolute Gasteiger partial charge is 0.485 e. The van der Waals surface area contributed by atoms with Crippen LogP contribution in [0.5, 0.6) is 5.75 Å². The molecule has 0 saturated heterocycles. The van der Waals surface area contributed by atoms with Gasteiger partial charge in [0.1, 0.15) is 13.3 Å². The Balaban J connectivity index is 2.15. The standard InChI is InChI=1S/C18H20Cl3FN2O3/c1-18(2,3)24-17(25)16(21)15(8-23-24)27-9-11-6-13(19)12(14(20)7-11)10-26-5-4-22/h6-8H,4-5,9-10H2,1-3H3. The second-order valence-corrected chi connectivity index (χ2v) is 7.97. The summed E-state index contributed by atoms with van der Waals surface area (Å²) in [6.07, 6.45) is 1.40. The Bertz CT molecular complexity index is 843. The van der Waals surface area contributed by atoms with Crippen molar-refractivity contribution in [2.75, 3.05) is 13.3 Å². The van der Waals surface area contributed by atoms with Gasteiger partial charge in [0.05, 0.1) is 24.9 Å². The summed E-state index contributed by atoms with van der Waals surface area (Å²) >= 11 is 18.6. The summed E-state index contributed by atoms with van der Waals surface area (Å²) in [4.78, 5) is 12.3. The molecule has 9 heteroatoms. The van der Waals surface area contributed by atoms with Gasteiger partial charge < -0.3 is 9.47 Å². The van der Waals surface area contributed by atoms with Gasteiger partial charge in [0, 0.05) is 15.6 Å². The lowest BCUT2D eigenvalue weighted by molar-refractivity contribution is 0.106. The molecule has 1 heterocycles. The third-order valence-electron chi connectivity index (χ3n) is 3.59. The lowest BCUT2D eigenvalue weighted by Gasteiger charge is -2.21. The smallest absolute Gasteiger partial charge is 0.289 e. The molecule has 5 nitrogen and oxygen atoms in total. The number of benzene rings is 1. The van der Waals surface area contributed by atoms with Gasteiger partial charge in [-0.1, -0.05) is 34.8 Å². The molecule has 2 rings (SSSR count). The van der Waals surface area contributed by atoms with Crippen LogP contribution in [-0.2, 0) is 23.5 Å². The van der Waals surface area contributed by atoms with E-state index in [2.05, 4.69) is 5.10 Å². The molecule has 148 valence electrons. The average molecular weight is 438 g/mol. The van der Waals surface area contributed by atoms with Crippen LogP contribution >= 0.6 is 34.8 Å². The molecule has 1 aromatic heterocycles. The summed E-state index contributed by atoms with van der Waals surface area (Å²) in [5.74, 6) is 0.171. The Labute approximate surface area is 171 Å². The van der Waals surface area contributed by atoms with Gasteiger partial charge in [-0.15, -0.1) is 0 Å². The third kappa shape index (κ3) is 5.57. The predicted molar refractivity (Wildman–Crippen MR) is 105 cm³/mol. The molecule has 0 spiro atoms. The number of ether oxygens (including phenoxy) is 2. The normalized spacial score (nSPS) is 11.7. The van der Waals surface area contributed by atoms with E-state index < -0.39 is 17.8 Å². The fourth-order valence-corrected chi connectivity index (χ4v) is 3.09. The van der Waals surface area contributed by atoms with Crippen LogP contribution < -0.4 is 10.3 Å². The molecule has 0 unspecified atom stereocenters. The molecule has 0 amide bonds. The molecule has 0 N–H and O–H groups in total. The lowest BCUT2D eigenvalue weighted by Crippen LogP contribution is -2.36. The summed E-state index contributed by atoms with van der Waals surface area (Å²) in [6.45, 7) is 5.14. The molecule has 2 aromatic rings. The first-order valence-electron chi connectivity index (χ1n) is 8.16. The molecule has 0 aliphatic heterocycles. The van der Waals surface area contributed by atoms with Crippen LogP contribution in [0, 0.1) is 0 Å². The summed E-state index contributed by atoms with van der Waals surface area (Å²) < 4.78 is 24.2. The van der Waals surface area contributed by atoms with Gasteiger partial charge in [0.25, 0.3) is 5.56 Å². The Hall–Kier alpha value is -1.34. The van der Waals surface area contributed by atoms with Gasteiger partial charge in [-0.25, -0.2) is 9.07 Å². The molecule has 1 aromatic carbocycles. The van der Waals surface area contributed by atoms with Gasteiger partial charge >= 0.3 is 0 Å². The Kier molecular flexibility index (Phi) is 7.51. The van der Waals surface area contributed by atoms with Crippen LogP contribution in [0.15, 0.2) is 23.1 Å². The van der Waals surface area contributed by atoms with E-state index in [-0.39, 0.29) is 30.6 Å². The van der Waals surface area contributed by atoms with Crippen molar-refractivity contribution in [3.05, 3.63) is 54.9 Å². The second-order valence-electron chi connectivity index (χ2n) is 6.78. The monoisotopic (exact) mass is 436 g/mol. The number of hydrogen-bond acceptors (Lipinski definition) is 4. The molecule has 0 bridgehead atoms. The maximum absolute atomic E-state index is 12.3. The Morgan fingerprint density at radius 1 is 1.15 bits per heavy atom. The second kappa shape index (κ2) is 9.24. The van der Waals surface area contributed by atoms with E-state index in [1.807, 2.05) is 20.8 Å². The molecule has 0 aliphatic carbocycles. The first-order chi connectivity index (χ1) is 12.6. The minimum Gasteiger partial charge on any atom is -0.485 e. The molecule has 0 aliphatic rings. The number of rotatable bonds is 7. The van der Waals surface area contributed by atoms with Crippen molar-refractivity contribution in [1.29, 1.82) is 0 Å². The molecule has 0 fully saturated rings. The Morgan fingerprint density at radius 3 is 2.33 bits per heavy atom. The zero-order valence-corrected chi connectivity index (χ0v) is 17.5. The van der Waals surface area contributed by atoms with Crippen LogP contribution in [-0.4, -0.2) is 23.1 Å². The minimum absolute atomic E-state index is 0.0247. The number of hydrogen-bond donors (Lipinski definition) is 0. The van der Waals surface area contributed by atoms with Crippen LogP contribution in [0.3, 0.4) is 0 Å². The van der Waals surface area contributed by atoms with Crippen molar-refractivity contribution >= 4 is 34.8 Å². The van der Waals surface area contributed by atoms with Crippen molar-refractivity contribution in [2.24, 2.45) is 0 Å². The lowest BCUT2D eigenvalue weighted by atomic mass is 10.1. The van der Waals surface area contributed by atoms with Crippen LogP contribution in [0.25, 0.3) is 0 Å². The fraction of sp³-hybridized carbons (Fsp3) is 0.444. The summed E-state index contributed by atoms with van der Waals surface area (Å²) in [5.41, 5.74) is 0.316. The number of nitrogens with zero attached hydrogens (tertiary/aromatic N) is 2. The summed E-state index contributed by atoms with van der Waals surface area (Å²) in [6, 6.07) is 3.33. The SMILES string of the molecule is CC(C)(C)n1ncc(OCc2cc(Cl)c(COCCF)c(Cl)c2)c(Cl)c1=O. The van der Waals surface area contributed by atoms with Gasteiger partial charge in [0.15, 0.2) is 10.8 Å². The van der Waals surface area contributed by atoms with Crippen molar-refractivity contribution in [2.45, 2.75) is 39.5 Å². The van der Waals surface area contributed by atoms with Crippen LogP contribution in [0.4, 0.5) is 4.39 Å². The van der Waals surface area contributed by atoms with Crippen LogP contribution in [0.1, 0.15) is 31.9 Å². The topological polar surface area (TPSA) is 53.4 Å². The molecule has 0 radical (unpaired) electrons. The van der Waals surface area contributed by atoms with E-state index >= 15 is 0 Å². The Morgan fingerprint density at radius 2 is 1.78 bits per heavy atom. The zero-order valence-electron chi connectivity index (χ0n) is 15.2. The first kappa shape index (κ1) is 22.0. The van der Waals surface area contributed by atoms with Crippen LogP contribution in [0.2, 0.25) is 15.1 Å². The minimum atomic E-state index is -0.579. The quantitative estimate of drug-likeness (QED) is 0.571. The molecular formula is C18H20Cl3FN2O3. The number of alkyl halides is 1. The van der Waals surface area contributed by atoms with E-state index in [0.29, 0.717) is 21.2 Å². The summed E-state index contributed by atoms with van der Waals surface area (Å²) in [7, 11) is 0. The van der Waals surface area contributed by atoms with E-state index in [9.17, 15) is 9.18 Å². The fourth-order valence-electron chi connectivity index (χ4n) is 2.26. The molecule has 0 atom stereocenters. The molecule has 0 saturated carbocycles. The maximum atomic E-state index is 12.3. The number of aromatic nitrogens is 2. The summed E-state index contributed by atoms with van der Waals surface area (Å²) in [5, 5.41) is 4.82. The highest BCUT2D eigenvalue weighted by atomic mass is 35.5. The highest BCUT2D eigenvalue weighted by Crippen LogP contribution is 2.29. The average Bonchev–Trinajstić information content (AvgIpc) is 2.57. The van der Waals surface area contributed by atoms with E-state index in [1.54, 1.807) is 12.1 Å². The highest BCUT2D eigenvalue weighted by molar-refractivity contribution is 6.36. The molecular weight excluding hydrogens is 418 g/mol. The van der Waals surface area contributed by atoms with Gasteiger partial charge in [-0.2, -0.15) is 5.10 Å². The van der Waals surface area contributed by atoms with Crippen molar-refractivity contribution in [1.82, 2.24) is 9.78 Å². The highest BCUT2D eigenvalue weighted by Gasteiger charge is 2.20. The first-order valence-corrected chi connectivity index (χ1v) is 9.30. The van der Waals surface area contributed by atoms with Crippen molar-refractivity contribution in [3.63, 3.8) is 0 Å². The molecule has 27 heavy (non-hydrogen) atoms. The van der Waals surface area contributed by atoms with E-state index in [4.69, 9.17) is 44.3 Å². The maximum Gasteiger partial charge on any atom is 0.289 e. The van der Waals surface area contributed by atoms with Gasteiger partial charge in [-0.05, 0) is 38.5 Å². The number of halogens is 4. The van der Waals surface area contributed by atoms with Gasteiger partial charge in [0.2, 0.25) is 0 Å². The van der Waals surface area contributed by atoms with E-state index in [1.165, 1.54) is 10.9 Å². The van der Waals surface area contributed by atoms with E-state index in [0.717, 1.165) is 0 Å².